The van der Waals surface area contributed by atoms with Crippen LogP contribution in [0.15, 0.2) is 12.7 Å². The Balaban J connectivity index is 3.69. The zero-order valence-electron chi connectivity index (χ0n) is 7.46. The molecule has 0 radical (unpaired) electrons. The van der Waals surface area contributed by atoms with Crippen LogP contribution in [0.25, 0.3) is 0 Å². The van der Waals surface area contributed by atoms with E-state index in [9.17, 15) is 4.79 Å². The van der Waals surface area contributed by atoms with Gasteiger partial charge in [-0.2, -0.15) is 0 Å². The normalized spacial score (nSPS) is 10.8. The predicted octanol–water partition coefficient (Wildman–Crippen LogP) is 0.769. The predicted molar refractivity (Wildman–Crippen MR) is 43.8 cm³/mol. The highest BCUT2D eigenvalue weighted by Crippen LogP contribution is 1.95. The van der Waals surface area contributed by atoms with Crippen LogP contribution >= 0.6 is 0 Å². The number of rotatable bonds is 4. The van der Waals surface area contributed by atoms with Crippen molar-refractivity contribution < 1.29 is 14.0 Å². The van der Waals surface area contributed by atoms with E-state index in [0.29, 0.717) is 11.2 Å². The molecule has 0 aromatic rings. The van der Waals surface area contributed by atoms with Gasteiger partial charge in [-0.1, -0.05) is 6.58 Å². The Morgan fingerprint density at radius 1 is 1.64 bits per heavy atom. The highest BCUT2D eigenvalue weighted by Gasteiger charge is 2.12. The van der Waals surface area contributed by atoms with E-state index >= 15 is 0 Å². The number of carbonyl (C=O) groups is 1. The third-order valence-corrected chi connectivity index (χ3v) is 1.58. The van der Waals surface area contributed by atoms with Crippen LogP contribution in [0.3, 0.4) is 0 Å². The molecule has 0 aromatic heterocycles. The van der Waals surface area contributed by atoms with Gasteiger partial charge >= 0.3 is 5.97 Å². The van der Waals surface area contributed by atoms with Gasteiger partial charge in [0.05, 0.1) is 20.6 Å². The zero-order chi connectivity index (χ0) is 8.91. The van der Waals surface area contributed by atoms with Gasteiger partial charge in [0, 0.05) is 6.08 Å². The van der Waals surface area contributed by atoms with E-state index in [2.05, 4.69) is 6.58 Å². The molecule has 0 aliphatic heterocycles. The first-order chi connectivity index (χ1) is 5.02. The smallest absolute Gasteiger partial charge is 0.334 e. The summed E-state index contributed by atoms with van der Waals surface area (Å²) >= 11 is 0. The molecule has 0 unspecified atom stereocenters. The number of nitrogens with zero attached hydrogens (tertiary/aromatic N) is 1. The lowest BCUT2D eigenvalue weighted by Crippen LogP contribution is -2.41. The minimum atomic E-state index is -0.357. The third-order valence-electron chi connectivity index (χ3n) is 1.58. The van der Waals surface area contributed by atoms with Gasteiger partial charge in [-0.15, -0.1) is 0 Å². The summed E-state index contributed by atoms with van der Waals surface area (Å²) < 4.78 is 5.54. The van der Waals surface area contributed by atoms with Crippen LogP contribution < -0.4 is 0 Å². The molecule has 0 saturated carbocycles. The molecule has 64 valence electrons. The Bertz CT molecular complexity index is 152. The fraction of sp³-hybridized carbons (Fsp3) is 0.625. The topological polar surface area (TPSA) is 26.3 Å². The lowest BCUT2D eigenvalue weighted by atomic mass is 10.5. The van der Waals surface area contributed by atoms with E-state index in [1.807, 2.05) is 21.0 Å². The van der Waals surface area contributed by atoms with Crippen molar-refractivity contribution in [3.05, 3.63) is 12.7 Å². The first-order valence-electron chi connectivity index (χ1n) is 3.63. The molecule has 0 saturated heterocycles. The standard InChI is InChI=1S/C8H16NO2/c1-5-8(10)11-7-9(3,4)6-2/h5H,1,6-7H2,2-4H3/q+1. The van der Waals surface area contributed by atoms with Gasteiger partial charge in [0.25, 0.3) is 0 Å². The average molecular weight is 158 g/mol. The zero-order valence-corrected chi connectivity index (χ0v) is 7.46. The molecule has 0 atom stereocenters. The second kappa shape index (κ2) is 4.13. The Hall–Kier alpha value is -0.830. The largest absolute Gasteiger partial charge is 0.412 e. The van der Waals surface area contributed by atoms with Gasteiger partial charge in [-0.3, -0.25) is 4.48 Å². The summed E-state index contributed by atoms with van der Waals surface area (Å²) in [4.78, 5) is 10.6. The van der Waals surface area contributed by atoms with Crippen LogP contribution in [0.4, 0.5) is 0 Å². The fourth-order valence-electron chi connectivity index (χ4n) is 0.389. The van der Waals surface area contributed by atoms with Crippen LogP contribution in [-0.2, 0) is 9.53 Å². The van der Waals surface area contributed by atoms with Crippen molar-refractivity contribution in [2.24, 2.45) is 0 Å². The molecular weight excluding hydrogens is 142 g/mol. The van der Waals surface area contributed by atoms with Crippen LogP contribution in [0.5, 0.6) is 0 Å². The number of esters is 1. The van der Waals surface area contributed by atoms with Crippen LogP contribution in [0, 0.1) is 0 Å². The minimum absolute atomic E-state index is 0.357. The molecule has 11 heavy (non-hydrogen) atoms. The summed E-state index contributed by atoms with van der Waals surface area (Å²) in [5.74, 6) is -0.357. The number of hydrogen-bond donors (Lipinski definition) is 0. The molecule has 0 amide bonds. The molecule has 0 aliphatic rings. The molecule has 0 aliphatic carbocycles. The van der Waals surface area contributed by atoms with Crippen LogP contribution in [-0.4, -0.2) is 37.8 Å². The van der Waals surface area contributed by atoms with Gasteiger partial charge in [0.2, 0.25) is 6.73 Å². The Labute approximate surface area is 67.8 Å². The van der Waals surface area contributed by atoms with Crippen molar-refractivity contribution in [3.63, 3.8) is 0 Å². The van der Waals surface area contributed by atoms with Crippen molar-refractivity contribution >= 4 is 5.97 Å². The highest BCUT2D eigenvalue weighted by atomic mass is 16.5. The Kier molecular flexibility index (Phi) is 3.82. The SMILES string of the molecule is C=CC(=O)OC[N+](C)(C)CC. The van der Waals surface area contributed by atoms with Crippen molar-refractivity contribution in [1.82, 2.24) is 0 Å². The van der Waals surface area contributed by atoms with Gasteiger partial charge in [-0.05, 0) is 6.92 Å². The van der Waals surface area contributed by atoms with Gasteiger partial charge in [0.15, 0.2) is 0 Å². The molecule has 0 fully saturated rings. The van der Waals surface area contributed by atoms with E-state index in [1.54, 1.807) is 0 Å². The van der Waals surface area contributed by atoms with Crippen LogP contribution in [0.1, 0.15) is 6.92 Å². The molecule has 0 N–H and O–H groups in total. The number of quaternary nitrogens is 1. The van der Waals surface area contributed by atoms with Gasteiger partial charge < -0.3 is 4.74 Å². The lowest BCUT2D eigenvalue weighted by Gasteiger charge is -2.26. The average Bonchev–Trinajstić information content (AvgIpc) is 2.00. The third kappa shape index (κ3) is 4.56. The summed E-state index contributed by atoms with van der Waals surface area (Å²) in [5, 5.41) is 0. The van der Waals surface area contributed by atoms with Gasteiger partial charge in [-0.25, -0.2) is 4.79 Å². The minimum Gasteiger partial charge on any atom is -0.412 e. The molecule has 3 heteroatoms. The summed E-state index contributed by atoms with van der Waals surface area (Å²) in [6.45, 7) is 6.69. The maximum atomic E-state index is 10.6. The Morgan fingerprint density at radius 2 is 2.18 bits per heavy atom. The second-order valence-electron chi connectivity index (χ2n) is 3.05. The monoisotopic (exact) mass is 158 g/mol. The maximum Gasteiger partial charge on any atom is 0.334 e. The van der Waals surface area contributed by atoms with E-state index in [1.165, 1.54) is 6.08 Å². The number of hydrogen-bond acceptors (Lipinski definition) is 2. The van der Waals surface area contributed by atoms with Crippen molar-refractivity contribution in [3.8, 4) is 0 Å². The second-order valence-corrected chi connectivity index (χ2v) is 3.05. The molecular formula is C8H16NO2+. The summed E-state index contributed by atoms with van der Waals surface area (Å²) in [6.07, 6.45) is 1.18. The van der Waals surface area contributed by atoms with E-state index in [0.717, 1.165) is 6.54 Å². The van der Waals surface area contributed by atoms with E-state index < -0.39 is 0 Å². The fourth-order valence-corrected chi connectivity index (χ4v) is 0.389. The molecule has 3 nitrogen and oxygen atoms in total. The van der Waals surface area contributed by atoms with Gasteiger partial charge in [0.1, 0.15) is 0 Å². The summed E-state index contributed by atoms with van der Waals surface area (Å²) in [6, 6.07) is 0. The molecule has 0 bridgehead atoms. The summed E-state index contributed by atoms with van der Waals surface area (Å²) in [5.41, 5.74) is 0. The molecule has 0 rings (SSSR count). The van der Waals surface area contributed by atoms with Crippen molar-refractivity contribution in [2.75, 3.05) is 27.4 Å². The quantitative estimate of drug-likeness (QED) is 0.261. The number of ether oxygens (including phenoxy) is 1. The maximum absolute atomic E-state index is 10.6. The van der Waals surface area contributed by atoms with Crippen molar-refractivity contribution in [2.45, 2.75) is 6.92 Å². The number of carbonyl (C=O) groups excluding carboxylic acids is 1. The Morgan fingerprint density at radius 3 is 2.55 bits per heavy atom. The summed E-state index contributed by atoms with van der Waals surface area (Å²) in [7, 11) is 3.99. The van der Waals surface area contributed by atoms with Crippen LogP contribution in [0.2, 0.25) is 0 Å². The molecule has 0 aromatic carbocycles. The molecule has 0 heterocycles. The van der Waals surface area contributed by atoms with Crippen molar-refractivity contribution in [1.29, 1.82) is 0 Å². The van der Waals surface area contributed by atoms with E-state index in [4.69, 9.17) is 4.74 Å². The van der Waals surface area contributed by atoms with E-state index in [-0.39, 0.29) is 5.97 Å². The molecule has 0 spiro atoms. The lowest BCUT2D eigenvalue weighted by molar-refractivity contribution is -0.905. The highest BCUT2D eigenvalue weighted by molar-refractivity contribution is 5.81. The first-order valence-corrected chi connectivity index (χ1v) is 3.63. The first kappa shape index (κ1) is 10.2.